The minimum Gasteiger partial charge on any atom is -0.467 e. The largest absolute Gasteiger partial charge is 0.467 e. The first-order chi connectivity index (χ1) is 10.3. The molecule has 120 valence electrons. The number of furan rings is 1. The number of ether oxygens (including phenoxy) is 1. The molecule has 0 spiro atoms. The predicted molar refractivity (Wildman–Crippen MR) is 87.5 cm³/mol. The average Bonchev–Trinajstić information content (AvgIpc) is 2.92. The number of alkyl carbamates (subject to hydrolysis) is 1. The van der Waals surface area contributed by atoms with Crippen LogP contribution in [0.15, 0.2) is 22.8 Å². The minimum absolute atomic E-state index is 0.245. The molecule has 1 saturated heterocycles. The number of rotatable bonds is 4. The van der Waals surface area contributed by atoms with Crippen LogP contribution in [0.25, 0.3) is 0 Å². The van der Waals surface area contributed by atoms with Crippen molar-refractivity contribution in [3.05, 3.63) is 24.2 Å². The Morgan fingerprint density at radius 1 is 1.59 bits per heavy atom. The number of nitrogens with zero attached hydrogens (tertiary/aromatic N) is 1. The van der Waals surface area contributed by atoms with E-state index in [4.69, 9.17) is 21.4 Å². The number of carbonyl (C=O) groups excluding carboxylic acids is 2. The third kappa shape index (κ3) is 3.61. The molecule has 8 heteroatoms. The lowest BCUT2D eigenvalue weighted by molar-refractivity contribution is -0.130. The summed E-state index contributed by atoms with van der Waals surface area (Å²) in [6, 6.07) is 2.80. The van der Waals surface area contributed by atoms with E-state index in [2.05, 4.69) is 5.32 Å². The lowest BCUT2D eigenvalue weighted by Crippen LogP contribution is -2.62. The van der Waals surface area contributed by atoms with Gasteiger partial charge in [0, 0.05) is 4.75 Å². The van der Waals surface area contributed by atoms with Crippen LogP contribution >= 0.6 is 24.0 Å². The summed E-state index contributed by atoms with van der Waals surface area (Å²) in [5.41, 5.74) is 0. The fraction of sp³-hybridized carbons (Fsp3) is 0.500. The van der Waals surface area contributed by atoms with Gasteiger partial charge in [-0.1, -0.05) is 24.0 Å². The molecule has 1 N–H and O–H groups in total. The van der Waals surface area contributed by atoms with E-state index >= 15 is 0 Å². The van der Waals surface area contributed by atoms with Crippen molar-refractivity contribution in [3.8, 4) is 0 Å². The smallest absolute Gasteiger partial charge is 0.407 e. The lowest BCUT2D eigenvalue weighted by atomic mass is 10.0. The number of thiocarbonyl (C=S) groups is 1. The van der Waals surface area contributed by atoms with Gasteiger partial charge in [0.15, 0.2) is 0 Å². The van der Waals surface area contributed by atoms with E-state index in [0.29, 0.717) is 10.1 Å². The normalized spacial score (nSPS) is 20.9. The molecule has 2 heterocycles. The molecule has 0 aromatic carbocycles. The standard InChI is InChI=1S/C14H18N2O4S2/c1-4-19-12(18)15-10-11(17)16(8-9-6-5-7-20-9)13(21)22-14(10,2)3/h5-7,10H,4,8H2,1-3H3,(H,15,18). The molecule has 22 heavy (non-hydrogen) atoms. The van der Waals surface area contributed by atoms with Gasteiger partial charge in [0.2, 0.25) is 0 Å². The van der Waals surface area contributed by atoms with E-state index in [9.17, 15) is 9.59 Å². The van der Waals surface area contributed by atoms with Crippen LogP contribution in [0.5, 0.6) is 0 Å². The van der Waals surface area contributed by atoms with Crippen LogP contribution in [0.4, 0.5) is 4.79 Å². The zero-order valence-electron chi connectivity index (χ0n) is 12.6. The molecule has 1 aliphatic rings. The van der Waals surface area contributed by atoms with E-state index in [0.717, 1.165) is 0 Å². The maximum atomic E-state index is 12.7. The van der Waals surface area contributed by atoms with Crippen LogP contribution in [0.1, 0.15) is 26.5 Å². The van der Waals surface area contributed by atoms with Crippen molar-refractivity contribution in [3.63, 3.8) is 0 Å². The van der Waals surface area contributed by atoms with Crippen molar-refractivity contribution in [1.82, 2.24) is 10.2 Å². The van der Waals surface area contributed by atoms with E-state index in [1.54, 1.807) is 19.1 Å². The molecule has 0 aliphatic carbocycles. The summed E-state index contributed by atoms with van der Waals surface area (Å²) in [6.45, 7) is 5.93. The first kappa shape index (κ1) is 16.8. The van der Waals surface area contributed by atoms with Crippen molar-refractivity contribution in [2.24, 2.45) is 0 Å². The third-order valence-electron chi connectivity index (χ3n) is 3.21. The van der Waals surface area contributed by atoms with Gasteiger partial charge >= 0.3 is 6.09 Å². The molecule has 1 fully saturated rings. The van der Waals surface area contributed by atoms with E-state index in [1.807, 2.05) is 13.8 Å². The molecule has 0 saturated carbocycles. The topological polar surface area (TPSA) is 71.8 Å². The van der Waals surface area contributed by atoms with Gasteiger partial charge in [0.25, 0.3) is 5.91 Å². The van der Waals surface area contributed by atoms with E-state index < -0.39 is 16.9 Å². The highest BCUT2D eigenvalue weighted by Crippen LogP contribution is 2.37. The molecule has 1 unspecified atom stereocenters. The van der Waals surface area contributed by atoms with Crippen molar-refractivity contribution in [1.29, 1.82) is 0 Å². The maximum absolute atomic E-state index is 12.7. The highest BCUT2D eigenvalue weighted by molar-refractivity contribution is 8.24. The van der Waals surface area contributed by atoms with Crippen LogP contribution in [-0.4, -0.2) is 38.6 Å². The van der Waals surface area contributed by atoms with Gasteiger partial charge < -0.3 is 14.5 Å². The summed E-state index contributed by atoms with van der Waals surface area (Å²) in [7, 11) is 0. The molecule has 0 radical (unpaired) electrons. The van der Waals surface area contributed by atoms with Crippen LogP contribution in [0.3, 0.4) is 0 Å². The van der Waals surface area contributed by atoms with Gasteiger partial charge in [0.1, 0.15) is 16.1 Å². The first-order valence-electron chi connectivity index (χ1n) is 6.85. The number of thioether (sulfide) groups is 1. The predicted octanol–water partition coefficient (Wildman–Crippen LogP) is 2.53. The van der Waals surface area contributed by atoms with Crippen molar-refractivity contribution < 1.29 is 18.7 Å². The summed E-state index contributed by atoms with van der Waals surface area (Å²) in [5, 5.41) is 2.63. The van der Waals surface area contributed by atoms with E-state index in [1.165, 1.54) is 22.9 Å². The molecule has 1 atom stereocenters. The summed E-state index contributed by atoms with van der Waals surface area (Å²) in [6.07, 6.45) is 0.929. The highest BCUT2D eigenvalue weighted by atomic mass is 32.2. The number of nitrogens with one attached hydrogen (secondary N) is 1. The fourth-order valence-corrected chi connectivity index (χ4v) is 3.90. The molecule has 2 rings (SSSR count). The Morgan fingerprint density at radius 3 is 2.91 bits per heavy atom. The molecule has 6 nitrogen and oxygen atoms in total. The summed E-state index contributed by atoms with van der Waals surface area (Å²) >= 11 is 6.70. The van der Waals surface area contributed by atoms with Gasteiger partial charge in [-0.15, -0.1) is 0 Å². The van der Waals surface area contributed by atoms with Gasteiger partial charge in [-0.2, -0.15) is 0 Å². The Kier molecular flexibility index (Phi) is 5.12. The van der Waals surface area contributed by atoms with Crippen molar-refractivity contribution in [2.75, 3.05) is 6.61 Å². The fourth-order valence-electron chi connectivity index (χ4n) is 2.11. The molecular weight excluding hydrogens is 324 g/mol. The van der Waals surface area contributed by atoms with Gasteiger partial charge in [-0.05, 0) is 32.9 Å². The second-order valence-corrected chi connectivity index (χ2v) is 7.56. The van der Waals surface area contributed by atoms with Crippen LogP contribution in [0, 0.1) is 0 Å². The molecular formula is C14H18N2O4S2. The highest BCUT2D eigenvalue weighted by Gasteiger charge is 2.46. The molecule has 1 aromatic rings. The maximum Gasteiger partial charge on any atom is 0.407 e. The zero-order valence-corrected chi connectivity index (χ0v) is 14.3. The van der Waals surface area contributed by atoms with Gasteiger partial charge in [-0.3, -0.25) is 9.69 Å². The van der Waals surface area contributed by atoms with Gasteiger partial charge in [-0.25, -0.2) is 4.79 Å². The average molecular weight is 342 g/mol. The Morgan fingerprint density at radius 2 is 2.32 bits per heavy atom. The van der Waals surface area contributed by atoms with Crippen LogP contribution in [0.2, 0.25) is 0 Å². The Labute approximate surface area is 138 Å². The molecule has 0 bridgehead atoms. The van der Waals surface area contributed by atoms with Crippen LogP contribution < -0.4 is 5.32 Å². The van der Waals surface area contributed by atoms with Crippen molar-refractivity contribution >= 4 is 40.3 Å². The summed E-state index contributed by atoms with van der Waals surface area (Å²) < 4.78 is 10.0. The molecule has 2 amide bonds. The molecule has 1 aromatic heterocycles. The number of hydrogen-bond donors (Lipinski definition) is 1. The Balaban J connectivity index is 2.18. The quantitative estimate of drug-likeness (QED) is 0.848. The molecule has 1 aliphatic heterocycles. The Bertz CT molecular complexity index is 571. The summed E-state index contributed by atoms with van der Waals surface area (Å²) in [5.74, 6) is 0.365. The third-order valence-corrected chi connectivity index (χ3v) is 4.84. The zero-order chi connectivity index (χ0) is 16.3. The number of hydrogen-bond acceptors (Lipinski definition) is 6. The SMILES string of the molecule is CCOC(=O)NC1C(=O)N(Cc2ccco2)C(=S)SC1(C)C. The number of amides is 2. The first-order valence-corrected chi connectivity index (χ1v) is 8.07. The van der Waals surface area contributed by atoms with Gasteiger partial charge in [0.05, 0.1) is 19.4 Å². The monoisotopic (exact) mass is 342 g/mol. The summed E-state index contributed by atoms with van der Waals surface area (Å²) in [4.78, 5) is 25.9. The number of carbonyl (C=O) groups is 2. The lowest BCUT2D eigenvalue weighted by Gasteiger charge is -2.42. The van der Waals surface area contributed by atoms with Crippen LogP contribution in [-0.2, 0) is 16.1 Å². The second kappa shape index (κ2) is 6.70. The van der Waals surface area contributed by atoms with Crippen molar-refractivity contribution in [2.45, 2.75) is 38.1 Å². The van der Waals surface area contributed by atoms with E-state index in [-0.39, 0.29) is 19.1 Å². The minimum atomic E-state index is -0.724. The Hall–Kier alpha value is -1.54. The second-order valence-electron chi connectivity index (χ2n) is 5.27.